The lowest BCUT2D eigenvalue weighted by Crippen LogP contribution is -2.55. The smallest absolute Gasteiger partial charge is 0.329 e. The minimum atomic E-state index is -0.546. The fraction of sp³-hybridized carbons (Fsp3) is 0.591. The topological polar surface area (TPSA) is 63.7 Å². The summed E-state index contributed by atoms with van der Waals surface area (Å²) in [6.07, 6.45) is 3.71. The number of methoxy groups -OCH3 is 1. The number of hydrogen-bond donors (Lipinski definition) is 0. The number of esters is 1. The second-order valence-electron chi connectivity index (χ2n) is 7.89. The number of ether oxygens (including phenoxy) is 1. The standard InChI is InChI=1S/C22H29NO4S2/c1-15(13-28-16(2)24)20(25)23-19(21(26)27-3)14-29-22(23)11-9-18(10-12-22)17-7-5-4-6-8-17/h4-8,15,18-19H,9-14H2,1-3H3/t15-,18?,19+,22?/m1/s1. The monoisotopic (exact) mass is 435 g/mol. The maximum absolute atomic E-state index is 13.4. The molecule has 2 aliphatic rings. The van der Waals surface area contributed by atoms with Crippen molar-refractivity contribution in [3.05, 3.63) is 35.9 Å². The lowest BCUT2D eigenvalue weighted by atomic mass is 9.80. The number of amides is 1. The second kappa shape index (κ2) is 9.56. The van der Waals surface area contributed by atoms with E-state index in [4.69, 9.17) is 4.74 Å². The summed E-state index contributed by atoms with van der Waals surface area (Å²) in [6.45, 7) is 3.36. The van der Waals surface area contributed by atoms with E-state index in [1.165, 1.54) is 31.4 Å². The van der Waals surface area contributed by atoms with Crippen LogP contribution in [0.4, 0.5) is 0 Å². The van der Waals surface area contributed by atoms with Crippen LogP contribution in [0.25, 0.3) is 0 Å². The van der Waals surface area contributed by atoms with Gasteiger partial charge in [-0.2, -0.15) is 0 Å². The Kier molecular flexibility index (Phi) is 7.32. The van der Waals surface area contributed by atoms with E-state index < -0.39 is 6.04 Å². The van der Waals surface area contributed by atoms with Crippen LogP contribution in [0.3, 0.4) is 0 Å². The van der Waals surface area contributed by atoms with Crippen LogP contribution in [0.2, 0.25) is 0 Å². The molecule has 3 rings (SSSR count). The Labute approximate surface area is 181 Å². The zero-order chi connectivity index (χ0) is 21.0. The molecule has 1 aliphatic carbocycles. The van der Waals surface area contributed by atoms with Gasteiger partial charge in [0.25, 0.3) is 0 Å². The fourth-order valence-electron chi connectivity index (χ4n) is 4.39. The van der Waals surface area contributed by atoms with Crippen LogP contribution in [0.5, 0.6) is 0 Å². The van der Waals surface area contributed by atoms with Gasteiger partial charge in [-0.05, 0) is 37.2 Å². The Morgan fingerprint density at radius 3 is 2.48 bits per heavy atom. The number of benzene rings is 1. The first-order valence-electron chi connectivity index (χ1n) is 10.1. The van der Waals surface area contributed by atoms with Gasteiger partial charge in [0.1, 0.15) is 6.04 Å². The molecule has 1 saturated heterocycles. The van der Waals surface area contributed by atoms with E-state index in [1.807, 2.05) is 17.9 Å². The van der Waals surface area contributed by atoms with Crippen LogP contribution in [0.15, 0.2) is 30.3 Å². The van der Waals surface area contributed by atoms with Crippen molar-refractivity contribution in [2.75, 3.05) is 18.6 Å². The van der Waals surface area contributed by atoms with Gasteiger partial charge in [0.05, 0.1) is 12.0 Å². The maximum Gasteiger partial charge on any atom is 0.329 e. The largest absolute Gasteiger partial charge is 0.467 e. The van der Waals surface area contributed by atoms with Crippen molar-refractivity contribution in [3.8, 4) is 0 Å². The minimum absolute atomic E-state index is 0.00282. The molecule has 2 atom stereocenters. The number of hydrogen-bond acceptors (Lipinski definition) is 6. The van der Waals surface area contributed by atoms with Crippen molar-refractivity contribution in [1.82, 2.24) is 4.90 Å². The zero-order valence-electron chi connectivity index (χ0n) is 17.3. The van der Waals surface area contributed by atoms with E-state index >= 15 is 0 Å². The third-order valence-corrected chi connectivity index (χ3v) is 8.67. The van der Waals surface area contributed by atoms with Crippen molar-refractivity contribution >= 4 is 40.5 Å². The van der Waals surface area contributed by atoms with Crippen molar-refractivity contribution in [3.63, 3.8) is 0 Å². The summed E-state index contributed by atoms with van der Waals surface area (Å²) in [6, 6.07) is 9.97. The molecule has 0 unspecified atom stereocenters. The maximum atomic E-state index is 13.4. The molecule has 0 radical (unpaired) electrons. The van der Waals surface area contributed by atoms with Crippen LogP contribution in [0.1, 0.15) is 51.0 Å². The molecule has 1 heterocycles. The van der Waals surface area contributed by atoms with E-state index in [9.17, 15) is 14.4 Å². The number of rotatable bonds is 5. The quantitative estimate of drug-likeness (QED) is 0.650. The van der Waals surface area contributed by atoms with Crippen molar-refractivity contribution in [1.29, 1.82) is 0 Å². The summed E-state index contributed by atoms with van der Waals surface area (Å²) in [5, 5.41) is 0.00282. The summed E-state index contributed by atoms with van der Waals surface area (Å²) < 4.78 is 5.01. The summed E-state index contributed by atoms with van der Waals surface area (Å²) in [4.78, 5) is 38.6. The molecule has 1 aromatic rings. The first-order valence-corrected chi connectivity index (χ1v) is 12.1. The van der Waals surface area contributed by atoms with Gasteiger partial charge in [0.15, 0.2) is 5.12 Å². The summed E-state index contributed by atoms with van der Waals surface area (Å²) in [5.41, 5.74) is 1.35. The SMILES string of the molecule is COC(=O)[C@@H]1CSC2(CCC(c3ccccc3)CC2)N1C(=O)[C@H](C)CSC(C)=O. The van der Waals surface area contributed by atoms with Gasteiger partial charge in [-0.25, -0.2) is 4.79 Å². The normalized spacial score (nSPS) is 27.6. The highest BCUT2D eigenvalue weighted by Gasteiger charge is 2.54. The molecular formula is C22H29NO4S2. The van der Waals surface area contributed by atoms with E-state index in [0.29, 0.717) is 17.4 Å². The van der Waals surface area contributed by atoms with Crippen molar-refractivity contribution < 1.29 is 19.1 Å². The first kappa shape index (κ1) is 22.2. The zero-order valence-corrected chi connectivity index (χ0v) is 18.9. The van der Waals surface area contributed by atoms with Gasteiger partial charge >= 0.3 is 5.97 Å². The van der Waals surface area contributed by atoms with Crippen LogP contribution < -0.4 is 0 Å². The molecule has 1 spiro atoms. The van der Waals surface area contributed by atoms with Gasteiger partial charge in [0, 0.05) is 24.3 Å². The molecule has 0 aromatic heterocycles. The van der Waals surface area contributed by atoms with E-state index in [-0.39, 0.29) is 27.8 Å². The van der Waals surface area contributed by atoms with E-state index in [0.717, 1.165) is 25.7 Å². The molecule has 29 heavy (non-hydrogen) atoms. The predicted molar refractivity (Wildman–Crippen MR) is 118 cm³/mol. The highest BCUT2D eigenvalue weighted by molar-refractivity contribution is 8.13. The molecule has 5 nitrogen and oxygen atoms in total. The van der Waals surface area contributed by atoms with Gasteiger partial charge in [-0.15, -0.1) is 11.8 Å². The van der Waals surface area contributed by atoms with Gasteiger partial charge < -0.3 is 9.64 Å². The molecule has 7 heteroatoms. The van der Waals surface area contributed by atoms with E-state index in [1.54, 1.807) is 11.8 Å². The lowest BCUT2D eigenvalue weighted by molar-refractivity contribution is -0.155. The van der Waals surface area contributed by atoms with Gasteiger partial charge in [0.2, 0.25) is 5.91 Å². The average molecular weight is 436 g/mol. The van der Waals surface area contributed by atoms with Crippen LogP contribution in [-0.4, -0.2) is 51.4 Å². The Bertz CT molecular complexity index is 746. The number of thioether (sulfide) groups is 2. The summed E-state index contributed by atoms with van der Waals surface area (Å²) >= 11 is 2.89. The molecule has 1 aromatic carbocycles. The molecule has 1 saturated carbocycles. The third-order valence-electron chi connectivity index (χ3n) is 5.97. The van der Waals surface area contributed by atoms with E-state index in [2.05, 4.69) is 24.3 Å². The number of carbonyl (C=O) groups is 3. The second-order valence-corrected chi connectivity index (χ2v) is 10.5. The fourth-order valence-corrected chi connectivity index (χ4v) is 6.65. The van der Waals surface area contributed by atoms with Crippen LogP contribution in [0, 0.1) is 5.92 Å². The highest BCUT2D eigenvalue weighted by Crippen LogP contribution is 2.52. The van der Waals surface area contributed by atoms with Crippen molar-refractivity contribution in [2.24, 2.45) is 5.92 Å². The molecule has 158 valence electrons. The van der Waals surface area contributed by atoms with Gasteiger partial charge in [-0.3, -0.25) is 9.59 Å². The summed E-state index contributed by atoms with van der Waals surface area (Å²) in [7, 11) is 1.38. The van der Waals surface area contributed by atoms with Gasteiger partial charge in [-0.1, -0.05) is 49.0 Å². The Hall–Kier alpha value is -1.47. The molecule has 0 N–H and O–H groups in total. The molecule has 1 amide bonds. The summed E-state index contributed by atoms with van der Waals surface area (Å²) in [5.74, 6) is 0.782. The van der Waals surface area contributed by atoms with Crippen molar-refractivity contribution in [2.45, 2.75) is 56.4 Å². The predicted octanol–water partition coefficient (Wildman–Crippen LogP) is 4.07. The Balaban J connectivity index is 1.78. The average Bonchev–Trinajstić information content (AvgIpc) is 3.10. The Morgan fingerprint density at radius 1 is 1.24 bits per heavy atom. The lowest BCUT2D eigenvalue weighted by Gasteiger charge is -2.45. The minimum Gasteiger partial charge on any atom is -0.467 e. The molecule has 1 aliphatic heterocycles. The van der Waals surface area contributed by atoms with Crippen LogP contribution >= 0.6 is 23.5 Å². The van der Waals surface area contributed by atoms with Crippen LogP contribution in [-0.2, 0) is 19.1 Å². The highest BCUT2D eigenvalue weighted by atomic mass is 32.2. The molecule has 0 bridgehead atoms. The number of carbonyl (C=O) groups excluding carboxylic acids is 3. The first-order chi connectivity index (χ1) is 13.9. The molecular weight excluding hydrogens is 406 g/mol. The Morgan fingerprint density at radius 2 is 1.90 bits per heavy atom. The third kappa shape index (κ3) is 4.82. The molecule has 2 fully saturated rings. The number of nitrogens with zero attached hydrogens (tertiary/aromatic N) is 1.